The van der Waals surface area contributed by atoms with Gasteiger partial charge < -0.3 is 4.90 Å². The number of benzene rings is 1. The summed E-state index contributed by atoms with van der Waals surface area (Å²) in [5.74, 6) is 0.0124. The summed E-state index contributed by atoms with van der Waals surface area (Å²) in [5.41, 5.74) is 5.94. The van der Waals surface area contributed by atoms with Gasteiger partial charge in [0, 0.05) is 24.2 Å². The molecule has 2 aliphatic heterocycles. The average molecular weight is 398 g/mol. The molecule has 4 aromatic rings. The fourth-order valence-corrected chi connectivity index (χ4v) is 5.25. The molecule has 7 nitrogen and oxygen atoms in total. The molecule has 0 spiro atoms. The first-order chi connectivity index (χ1) is 14.7. The zero-order valence-electron chi connectivity index (χ0n) is 16.8. The average Bonchev–Trinajstić information content (AvgIpc) is 3.37. The van der Waals surface area contributed by atoms with Crippen LogP contribution in [0.1, 0.15) is 47.1 Å². The monoisotopic (exact) mass is 398 g/mol. The number of hydrogen-bond acceptors (Lipinski definition) is 4. The second-order valence-corrected chi connectivity index (χ2v) is 8.16. The smallest absolute Gasteiger partial charge is 0.273 e. The van der Waals surface area contributed by atoms with E-state index in [1.807, 2.05) is 36.0 Å². The summed E-state index contributed by atoms with van der Waals surface area (Å²) in [5, 5.41) is 9.18. The normalized spacial score (nSPS) is 20.4. The number of carbonyl (C=O) groups is 1. The molecule has 30 heavy (non-hydrogen) atoms. The molecule has 0 radical (unpaired) electrons. The van der Waals surface area contributed by atoms with Crippen molar-refractivity contribution in [1.29, 1.82) is 0 Å². The zero-order valence-corrected chi connectivity index (χ0v) is 16.8. The van der Waals surface area contributed by atoms with E-state index in [0.717, 1.165) is 31.4 Å². The number of fused-ring (bicyclic) bond motifs is 5. The third kappa shape index (κ3) is 2.44. The number of nitrogens with zero attached hydrogens (tertiary/aromatic N) is 6. The molecule has 0 saturated carbocycles. The molecule has 0 aliphatic carbocycles. The minimum atomic E-state index is 0.00226. The van der Waals surface area contributed by atoms with E-state index in [-0.39, 0.29) is 18.0 Å². The molecule has 6 rings (SSSR count). The predicted molar refractivity (Wildman–Crippen MR) is 112 cm³/mol. The number of hydrogen-bond donors (Lipinski definition) is 0. The Bertz CT molecular complexity index is 1260. The molecule has 5 heterocycles. The summed E-state index contributed by atoms with van der Waals surface area (Å²) in [6.45, 7) is 0. The molecule has 2 unspecified atom stereocenters. The van der Waals surface area contributed by atoms with Gasteiger partial charge in [-0.25, -0.2) is 9.50 Å². The maximum atomic E-state index is 13.7. The van der Waals surface area contributed by atoms with Crippen molar-refractivity contribution in [2.75, 3.05) is 0 Å². The molecule has 7 heteroatoms. The fraction of sp³-hybridized carbons (Fsp3) is 0.304. The molecule has 0 N–H and O–H groups in total. The van der Waals surface area contributed by atoms with Gasteiger partial charge in [0.25, 0.3) is 5.91 Å². The number of rotatable bonds is 2. The van der Waals surface area contributed by atoms with E-state index < -0.39 is 0 Å². The highest BCUT2D eigenvalue weighted by Gasteiger charge is 2.44. The van der Waals surface area contributed by atoms with Crippen LogP contribution >= 0.6 is 0 Å². The van der Waals surface area contributed by atoms with Crippen molar-refractivity contribution in [3.05, 3.63) is 71.8 Å². The van der Waals surface area contributed by atoms with Gasteiger partial charge in [-0.2, -0.15) is 10.2 Å². The quantitative estimate of drug-likeness (QED) is 0.519. The molecule has 1 amide bonds. The van der Waals surface area contributed by atoms with E-state index in [0.29, 0.717) is 11.3 Å². The molecular formula is C23H22N6O. The summed E-state index contributed by atoms with van der Waals surface area (Å²) in [6.07, 6.45) is 5.39. The van der Waals surface area contributed by atoms with Crippen LogP contribution in [0.15, 0.2) is 54.9 Å². The highest BCUT2D eigenvalue weighted by molar-refractivity contribution is 5.94. The van der Waals surface area contributed by atoms with Gasteiger partial charge in [0.2, 0.25) is 0 Å². The van der Waals surface area contributed by atoms with E-state index in [1.165, 1.54) is 23.1 Å². The summed E-state index contributed by atoms with van der Waals surface area (Å²) in [4.78, 5) is 20.0. The summed E-state index contributed by atoms with van der Waals surface area (Å²) < 4.78 is 3.63. The van der Waals surface area contributed by atoms with E-state index in [2.05, 4.69) is 39.2 Å². The summed E-state index contributed by atoms with van der Waals surface area (Å²) in [6, 6.07) is 16.2. The fourth-order valence-electron chi connectivity index (χ4n) is 5.25. The minimum absolute atomic E-state index is 0.00226. The SMILES string of the molecule is Cn1nc2c(c1-c1ccccc1)CC1CCCC2N1C(=O)c1cccc2ncnn12. The Labute approximate surface area is 174 Å². The summed E-state index contributed by atoms with van der Waals surface area (Å²) >= 11 is 0. The van der Waals surface area contributed by atoms with Crippen molar-refractivity contribution in [2.24, 2.45) is 7.05 Å². The lowest BCUT2D eigenvalue weighted by molar-refractivity contribution is 0.0383. The van der Waals surface area contributed by atoms with E-state index in [9.17, 15) is 4.79 Å². The maximum Gasteiger partial charge on any atom is 0.273 e. The van der Waals surface area contributed by atoms with Crippen LogP contribution in [0, 0.1) is 0 Å². The molecule has 2 atom stereocenters. The van der Waals surface area contributed by atoms with Crippen molar-refractivity contribution in [3.63, 3.8) is 0 Å². The topological polar surface area (TPSA) is 68.3 Å². The minimum Gasteiger partial charge on any atom is -0.325 e. The second kappa shape index (κ2) is 6.52. The molecule has 1 aromatic carbocycles. The first-order valence-corrected chi connectivity index (χ1v) is 10.4. The van der Waals surface area contributed by atoms with Crippen LogP contribution < -0.4 is 0 Å². The number of aromatic nitrogens is 5. The van der Waals surface area contributed by atoms with Crippen molar-refractivity contribution >= 4 is 11.6 Å². The van der Waals surface area contributed by atoms with Gasteiger partial charge in [-0.15, -0.1) is 0 Å². The molecule has 150 valence electrons. The third-order valence-corrected chi connectivity index (χ3v) is 6.48. The van der Waals surface area contributed by atoms with Crippen molar-refractivity contribution in [3.8, 4) is 11.3 Å². The van der Waals surface area contributed by atoms with Gasteiger partial charge in [-0.3, -0.25) is 9.48 Å². The van der Waals surface area contributed by atoms with Crippen LogP contribution in [-0.2, 0) is 13.5 Å². The Hall–Kier alpha value is -3.48. The third-order valence-electron chi connectivity index (χ3n) is 6.48. The molecule has 1 fully saturated rings. The Morgan fingerprint density at radius 2 is 1.93 bits per heavy atom. The number of aryl methyl sites for hydroxylation is 1. The molecule has 2 aliphatic rings. The van der Waals surface area contributed by atoms with Crippen LogP contribution in [0.2, 0.25) is 0 Å². The van der Waals surface area contributed by atoms with Crippen LogP contribution in [0.5, 0.6) is 0 Å². The van der Waals surface area contributed by atoms with Crippen LogP contribution in [-0.4, -0.2) is 41.2 Å². The summed E-state index contributed by atoms with van der Waals surface area (Å²) in [7, 11) is 2.01. The number of piperidine rings is 1. The molecule has 2 bridgehead atoms. The lowest BCUT2D eigenvalue weighted by Crippen LogP contribution is -2.50. The zero-order chi connectivity index (χ0) is 20.2. The Morgan fingerprint density at radius 1 is 1.07 bits per heavy atom. The highest BCUT2D eigenvalue weighted by Crippen LogP contribution is 2.44. The van der Waals surface area contributed by atoms with E-state index >= 15 is 0 Å². The number of amides is 1. The largest absolute Gasteiger partial charge is 0.325 e. The van der Waals surface area contributed by atoms with Crippen molar-refractivity contribution in [2.45, 2.75) is 37.8 Å². The standard InChI is InChI=1S/C23H22N6O/c1-27-22(15-7-3-2-4-8-15)17-13-16-9-5-10-18(21(17)26-27)28(16)23(30)19-11-6-12-20-24-14-25-29(19)20/h2-4,6-8,11-12,14,16,18H,5,9-10,13H2,1H3. The van der Waals surface area contributed by atoms with Gasteiger partial charge in [-0.1, -0.05) is 36.4 Å². The van der Waals surface area contributed by atoms with Crippen LogP contribution in [0.4, 0.5) is 0 Å². The van der Waals surface area contributed by atoms with Gasteiger partial charge in [-0.05, 0) is 37.8 Å². The molecule has 3 aromatic heterocycles. The highest BCUT2D eigenvalue weighted by atomic mass is 16.2. The van der Waals surface area contributed by atoms with E-state index in [1.54, 1.807) is 4.52 Å². The molecule has 1 saturated heterocycles. The van der Waals surface area contributed by atoms with E-state index in [4.69, 9.17) is 5.10 Å². The Morgan fingerprint density at radius 3 is 2.80 bits per heavy atom. The van der Waals surface area contributed by atoms with Gasteiger partial charge in [0.05, 0.1) is 17.4 Å². The Kier molecular flexibility index (Phi) is 3.78. The predicted octanol–water partition coefficient (Wildman–Crippen LogP) is 3.42. The lowest BCUT2D eigenvalue weighted by atomic mass is 9.81. The van der Waals surface area contributed by atoms with Gasteiger partial charge in [0.1, 0.15) is 12.0 Å². The van der Waals surface area contributed by atoms with Crippen LogP contribution in [0.25, 0.3) is 16.9 Å². The van der Waals surface area contributed by atoms with Crippen LogP contribution in [0.3, 0.4) is 0 Å². The second-order valence-electron chi connectivity index (χ2n) is 8.16. The van der Waals surface area contributed by atoms with Crippen molar-refractivity contribution < 1.29 is 4.79 Å². The first-order valence-electron chi connectivity index (χ1n) is 10.4. The molecular weight excluding hydrogens is 376 g/mol. The number of pyridine rings is 1. The first kappa shape index (κ1) is 17.4. The maximum absolute atomic E-state index is 13.7. The lowest BCUT2D eigenvalue weighted by Gasteiger charge is -2.45. The van der Waals surface area contributed by atoms with Crippen molar-refractivity contribution in [1.82, 2.24) is 29.3 Å². The number of carbonyl (C=O) groups excluding carboxylic acids is 1. The van der Waals surface area contributed by atoms with Gasteiger partial charge in [0.15, 0.2) is 5.65 Å². The Balaban J connectivity index is 1.46. The van der Waals surface area contributed by atoms with Gasteiger partial charge >= 0.3 is 0 Å².